The lowest BCUT2D eigenvalue weighted by Gasteiger charge is -2.26. The number of imidazole rings is 1. The van der Waals surface area contributed by atoms with Crippen molar-refractivity contribution in [1.82, 2.24) is 19.5 Å². The molecule has 1 fully saturated rings. The maximum atomic E-state index is 13.1. The molecule has 3 rings (SSSR count). The first-order chi connectivity index (χ1) is 13.2. The van der Waals surface area contributed by atoms with Crippen LogP contribution in [0.15, 0.2) is 12.7 Å². The Morgan fingerprint density at radius 2 is 1.93 bits per heavy atom. The molecule has 1 aliphatic rings. The molecule has 0 unspecified atom stereocenters. The SMILES string of the molecule is CC[C@@H]1C[C@@]1(Cn1cnc2c(N)ncnc21)OCP(=O)(OC(C)C)OC(C)C. The molecule has 2 atom stereocenters. The van der Waals surface area contributed by atoms with Crippen molar-refractivity contribution in [2.24, 2.45) is 5.92 Å². The quantitative estimate of drug-likeness (QED) is 0.590. The molecule has 0 aromatic carbocycles. The van der Waals surface area contributed by atoms with Gasteiger partial charge in [-0.15, -0.1) is 0 Å². The van der Waals surface area contributed by atoms with E-state index in [2.05, 4.69) is 21.9 Å². The second-order valence-corrected chi connectivity index (χ2v) is 9.77. The summed E-state index contributed by atoms with van der Waals surface area (Å²) in [5.41, 5.74) is 6.67. The van der Waals surface area contributed by atoms with Crippen molar-refractivity contribution in [2.75, 3.05) is 12.1 Å². The van der Waals surface area contributed by atoms with Gasteiger partial charge in [-0.2, -0.15) is 0 Å². The van der Waals surface area contributed by atoms with Crippen molar-refractivity contribution >= 4 is 24.6 Å². The number of hydrogen-bond acceptors (Lipinski definition) is 8. The summed E-state index contributed by atoms with van der Waals surface area (Å²) in [5.74, 6) is 0.706. The van der Waals surface area contributed by atoms with Crippen LogP contribution in [0.3, 0.4) is 0 Å². The fraction of sp³-hybridized carbons (Fsp3) is 0.722. The third kappa shape index (κ3) is 4.54. The first-order valence-corrected chi connectivity index (χ1v) is 11.4. The molecule has 0 bridgehead atoms. The minimum Gasteiger partial charge on any atom is -0.382 e. The zero-order valence-electron chi connectivity index (χ0n) is 17.2. The van der Waals surface area contributed by atoms with E-state index in [-0.39, 0.29) is 18.6 Å². The predicted molar refractivity (Wildman–Crippen MR) is 107 cm³/mol. The minimum atomic E-state index is -3.36. The van der Waals surface area contributed by atoms with E-state index < -0.39 is 13.2 Å². The number of hydrogen-bond donors (Lipinski definition) is 1. The van der Waals surface area contributed by atoms with Gasteiger partial charge in [0, 0.05) is 0 Å². The highest BCUT2D eigenvalue weighted by atomic mass is 31.2. The molecule has 2 heterocycles. The van der Waals surface area contributed by atoms with Crippen LogP contribution in [0.4, 0.5) is 5.82 Å². The van der Waals surface area contributed by atoms with Crippen LogP contribution >= 0.6 is 7.60 Å². The second-order valence-electron chi connectivity index (χ2n) is 7.87. The summed E-state index contributed by atoms with van der Waals surface area (Å²) >= 11 is 0. The number of anilines is 1. The third-order valence-electron chi connectivity index (χ3n) is 4.79. The molecule has 2 aromatic heterocycles. The number of fused-ring (bicyclic) bond motifs is 1. The van der Waals surface area contributed by atoms with Gasteiger partial charge in [0.25, 0.3) is 0 Å². The molecule has 0 radical (unpaired) electrons. The van der Waals surface area contributed by atoms with Gasteiger partial charge in [0.1, 0.15) is 18.2 Å². The summed E-state index contributed by atoms with van der Waals surface area (Å²) in [5, 5.41) is 0. The van der Waals surface area contributed by atoms with Gasteiger partial charge in [0.15, 0.2) is 11.5 Å². The molecule has 156 valence electrons. The molecule has 0 spiro atoms. The van der Waals surface area contributed by atoms with E-state index in [4.69, 9.17) is 19.5 Å². The highest BCUT2D eigenvalue weighted by molar-refractivity contribution is 7.53. The lowest BCUT2D eigenvalue weighted by Crippen LogP contribution is -2.26. The molecule has 0 amide bonds. The maximum absolute atomic E-state index is 13.1. The Kier molecular flexibility index (Phi) is 6.10. The van der Waals surface area contributed by atoms with E-state index in [0.717, 1.165) is 12.8 Å². The highest BCUT2D eigenvalue weighted by Gasteiger charge is 2.56. The van der Waals surface area contributed by atoms with Crippen LogP contribution in [0.1, 0.15) is 47.5 Å². The molecule has 9 nitrogen and oxygen atoms in total. The van der Waals surface area contributed by atoms with E-state index in [1.165, 1.54) is 6.33 Å². The summed E-state index contributed by atoms with van der Waals surface area (Å²) < 4.78 is 32.5. The van der Waals surface area contributed by atoms with Gasteiger partial charge < -0.3 is 24.1 Å². The van der Waals surface area contributed by atoms with Crippen molar-refractivity contribution in [3.63, 3.8) is 0 Å². The predicted octanol–water partition coefficient (Wildman–Crippen LogP) is 3.59. The number of rotatable bonds is 10. The van der Waals surface area contributed by atoms with Gasteiger partial charge >= 0.3 is 7.60 Å². The Morgan fingerprint density at radius 1 is 1.25 bits per heavy atom. The van der Waals surface area contributed by atoms with Crippen LogP contribution in [-0.2, 0) is 24.9 Å². The topological polar surface area (TPSA) is 114 Å². The summed E-state index contributed by atoms with van der Waals surface area (Å²) in [6.45, 7) is 10.00. The number of aromatic nitrogens is 4. The molecule has 28 heavy (non-hydrogen) atoms. The van der Waals surface area contributed by atoms with Gasteiger partial charge in [-0.1, -0.05) is 13.3 Å². The molecule has 1 saturated carbocycles. The summed E-state index contributed by atoms with van der Waals surface area (Å²) in [6.07, 6.45) is 4.43. The largest absolute Gasteiger partial charge is 0.382 e. The molecule has 0 saturated heterocycles. The highest BCUT2D eigenvalue weighted by Crippen LogP contribution is 2.56. The van der Waals surface area contributed by atoms with Gasteiger partial charge in [-0.3, -0.25) is 4.57 Å². The first-order valence-electron chi connectivity index (χ1n) is 9.69. The monoisotopic (exact) mass is 411 g/mol. The third-order valence-corrected chi connectivity index (χ3v) is 6.72. The fourth-order valence-electron chi connectivity index (χ4n) is 3.53. The summed E-state index contributed by atoms with van der Waals surface area (Å²) in [6, 6.07) is 0. The Labute approximate surface area is 165 Å². The molecular formula is C18H30N5O4P. The van der Waals surface area contributed by atoms with Crippen molar-refractivity contribution in [3.05, 3.63) is 12.7 Å². The van der Waals surface area contributed by atoms with Crippen molar-refractivity contribution in [2.45, 2.75) is 71.8 Å². The number of nitrogens with two attached hydrogens (primary N) is 1. The Hall–Kier alpha value is -1.54. The van der Waals surface area contributed by atoms with E-state index in [1.54, 1.807) is 6.33 Å². The average molecular weight is 411 g/mol. The van der Waals surface area contributed by atoms with Crippen molar-refractivity contribution in [3.8, 4) is 0 Å². The standard InChI is InChI=1S/C18H30N5O4P/c1-6-14-7-18(14,25-11-28(24,26-12(2)3)27-13(4)5)8-23-10-22-15-16(19)20-9-21-17(15)23/h9-10,12-14H,6-8,11H2,1-5H3,(H2,19,20,21)/t14-,18+/m1/s1. The zero-order chi connectivity index (χ0) is 20.5. The molecule has 10 heteroatoms. The van der Waals surface area contributed by atoms with Crippen molar-refractivity contribution in [1.29, 1.82) is 0 Å². The summed E-state index contributed by atoms with van der Waals surface area (Å²) in [4.78, 5) is 12.6. The van der Waals surface area contributed by atoms with E-state index in [0.29, 0.717) is 29.4 Å². The maximum Gasteiger partial charge on any atom is 0.356 e. The van der Waals surface area contributed by atoms with E-state index in [9.17, 15) is 4.57 Å². The van der Waals surface area contributed by atoms with E-state index >= 15 is 0 Å². The van der Waals surface area contributed by atoms with Crippen molar-refractivity contribution < 1.29 is 18.3 Å². The molecule has 0 aliphatic heterocycles. The Bertz CT molecular complexity index is 857. The average Bonchev–Trinajstić information content (AvgIpc) is 3.14. The number of nitrogen functional groups attached to an aromatic ring is 1. The van der Waals surface area contributed by atoms with Gasteiger partial charge in [-0.05, 0) is 40.0 Å². The smallest absolute Gasteiger partial charge is 0.356 e. The van der Waals surface area contributed by atoms with Crippen LogP contribution in [0, 0.1) is 5.92 Å². The molecule has 2 N–H and O–H groups in total. The second kappa shape index (κ2) is 8.06. The summed E-state index contributed by atoms with van der Waals surface area (Å²) in [7, 11) is -3.36. The van der Waals surface area contributed by atoms with Gasteiger partial charge in [0.05, 0.1) is 30.7 Å². The van der Waals surface area contributed by atoms with E-state index in [1.807, 2.05) is 32.3 Å². The van der Waals surface area contributed by atoms with Crippen LogP contribution in [0.2, 0.25) is 0 Å². The Balaban J connectivity index is 1.78. The van der Waals surface area contributed by atoms with Gasteiger partial charge in [0.2, 0.25) is 0 Å². The Morgan fingerprint density at radius 3 is 2.50 bits per heavy atom. The lowest BCUT2D eigenvalue weighted by atomic mass is 10.2. The minimum absolute atomic E-state index is 0.0797. The van der Waals surface area contributed by atoms with Crippen LogP contribution in [0.5, 0.6) is 0 Å². The van der Waals surface area contributed by atoms with Gasteiger partial charge in [-0.25, -0.2) is 15.0 Å². The first kappa shape index (κ1) is 21.2. The lowest BCUT2D eigenvalue weighted by molar-refractivity contribution is 0.0164. The molecule has 1 aliphatic carbocycles. The number of nitrogens with zero attached hydrogens (tertiary/aromatic N) is 4. The normalized spacial score (nSPS) is 22.5. The van der Waals surface area contributed by atoms with Crippen LogP contribution in [0.25, 0.3) is 11.2 Å². The zero-order valence-corrected chi connectivity index (χ0v) is 18.1. The van der Waals surface area contributed by atoms with Crippen LogP contribution in [-0.4, -0.2) is 43.7 Å². The number of ether oxygens (including phenoxy) is 1. The molecular weight excluding hydrogens is 381 g/mol. The van der Waals surface area contributed by atoms with Crippen LogP contribution < -0.4 is 5.73 Å². The fourth-order valence-corrected chi connectivity index (χ4v) is 5.40. The molecule has 2 aromatic rings.